The number of amides is 4. The SMILES string of the molecule is C#CCOC(=O)CNC(=O)OC(C)(C)C.COC(=O)CSC[C@@H]1NC(=O)[C@H]1N=[N+]=[N-].COC(=O)CSC[C@@H]1NC(=O)[C@H]1n1cc(COC(=O)CNC(=O)OC(C)(C)C)nn1. The second-order valence-electron chi connectivity index (χ2n) is 13.9. The fraction of sp³-hybridized carbons (Fsp3) is 0.647. The van der Waals surface area contributed by atoms with Crippen molar-refractivity contribution in [2.45, 2.75) is 83.5 Å². The Balaban J connectivity index is 0.000000503. The molecule has 0 bridgehead atoms. The predicted octanol–water partition coefficient (Wildman–Crippen LogP) is 0.549. The van der Waals surface area contributed by atoms with Crippen molar-refractivity contribution in [3.05, 3.63) is 22.3 Å². The quantitative estimate of drug-likeness (QED) is 0.0316. The molecule has 2 saturated heterocycles. The van der Waals surface area contributed by atoms with Crippen LogP contribution in [0.4, 0.5) is 9.59 Å². The van der Waals surface area contributed by atoms with Gasteiger partial charge < -0.3 is 49.7 Å². The lowest BCUT2D eigenvalue weighted by Crippen LogP contribution is -2.62. The van der Waals surface area contributed by atoms with Crippen molar-refractivity contribution in [3.8, 4) is 12.3 Å². The number of thioether (sulfide) groups is 2. The van der Waals surface area contributed by atoms with E-state index in [-0.39, 0.29) is 73.6 Å². The Morgan fingerprint density at radius 1 is 0.850 bits per heavy atom. The minimum atomic E-state index is -0.725. The Hall–Kier alpha value is -5.93. The molecule has 4 atom stereocenters. The topological polar surface area (TPSA) is 320 Å². The lowest BCUT2D eigenvalue weighted by molar-refractivity contribution is -0.144. The number of hydrogen-bond donors (Lipinski definition) is 4. The van der Waals surface area contributed by atoms with Gasteiger partial charge in [0.1, 0.15) is 42.6 Å². The van der Waals surface area contributed by atoms with Gasteiger partial charge in [0.2, 0.25) is 11.8 Å². The Morgan fingerprint density at radius 3 is 1.80 bits per heavy atom. The maximum Gasteiger partial charge on any atom is 0.408 e. The highest BCUT2D eigenvalue weighted by atomic mass is 32.2. The van der Waals surface area contributed by atoms with Gasteiger partial charge in [-0.05, 0) is 47.1 Å². The second-order valence-corrected chi connectivity index (χ2v) is 16.0. The van der Waals surface area contributed by atoms with E-state index in [0.717, 1.165) is 0 Å². The lowest BCUT2D eigenvalue weighted by atomic mass is 10.0. The van der Waals surface area contributed by atoms with E-state index in [1.165, 1.54) is 48.6 Å². The normalized spacial score (nSPS) is 17.4. The third kappa shape index (κ3) is 21.7. The molecular weight excluding hydrogens is 837 g/mol. The van der Waals surface area contributed by atoms with Crippen LogP contribution in [0, 0.1) is 12.3 Å². The van der Waals surface area contributed by atoms with Gasteiger partial charge in [-0.15, -0.1) is 35.0 Å². The highest BCUT2D eigenvalue weighted by Gasteiger charge is 2.41. The first kappa shape index (κ1) is 52.1. The molecule has 4 N–H and O–H groups in total. The van der Waals surface area contributed by atoms with Crippen molar-refractivity contribution in [2.75, 3.05) is 56.9 Å². The summed E-state index contributed by atoms with van der Waals surface area (Å²) < 4.78 is 29.9. The summed E-state index contributed by atoms with van der Waals surface area (Å²) in [6, 6.07) is -1.58. The van der Waals surface area contributed by atoms with Crippen LogP contribution in [-0.2, 0) is 63.8 Å². The molecule has 0 radical (unpaired) electrons. The van der Waals surface area contributed by atoms with Crippen LogP contribution in [0.15, 0.2) is 11.3 Å². The third-order valence-electron chi connectivity index (χ3n) is 6.71. The van der Waals surface area contributed by atoms with Crippen LogP contribution in [0.5, 0.6) is 0 Å². The third-order valence-corrected chi connectivity index (χ3v) is 8.78. The summed E-state index contributed by atoms with van der Waals surface area (Å²) in [5.41, 5.74) is 7.27. The molecule has 0 saturated carbocycles. The van der Waals surface area contributed by atoms with Gasteiger partial charge >= 0.3 is 36.1 Å². The van der Waals surface area contributed by atoms with Crippen LogP contribution in [0.25, 0.3) is 10.4 Å². The van der Waals surface area contributed by atoms with Crippen molar-refractivity contribution in [1.82, 2.24) is 36.3 Å². The van der Waals surface area contributed by atoms with Gasteiger partial charge in [0, 0.05) is 16.4 Å². The molecule has 0 aliphatic carbocycles. The molecule has 26 heteroatoms. The highest BCUT2D eigenvalue weighted by Crippen LogP contribution is 2.24. The molecule has 1 aromatic heterocycles. The zero-order valence-electron chi connectivity index (χ0n) is 34.3. The van der Waals surface area contributed by atoms with E-state index in [2.05, 4.69) is 61.7 Å². The zero-order valence-corrected chi connectivity index (χ0v) is 36.0. The Labute approximate surface area is 353 Å². The summed E-state index contributed by atoms with van der Waals surface area (Å²) in [7, 11) is 2.63. The number of carbonyl (C=O) groups excluding carboxylic acids is 8. The maximum atomic E-state index is 11.9. The molecule has 332 valence electrons. The van der Waals surface area contributed by atoms with Crippen molar-refractivity contribution >= 4 is 71.4 Å². The minimum Gasteiger partial charge on any atom is -0.468 e. The van der Waals surface area contributed by atoms with Crippen molar-refractivity contribution in [1.29, 1.82) is 0 Å². The molecular formula is C34H50N10O14S2. The number of aromatic nitrogens is 3. The summed E-state index contributed by atoms with van der Waals surface area (Å²) >= 11 is 2.67. The summed E-state index contributed by atoms with van der Waals surface area (Å²) in [5.74, 6) is 1.18. The molecule has 3 rings (SSSR count). The van der Waals surface area contributed by atoms with Gasteiger partial charge in [-0.1, -0.05) is 16.2 Å². The molecule has 1 aromatic rings. The number of hydrogen-bond acceptors (Lipinski definition) is 19. The first-order chi connectivity index (χ1) is 28.1. The summed E-state index contributed by atoms with van der Waals surface area (Å²) in [6.07, 6.45) is 5.00. The van der Waals surface area contributed by atoms with E-state index >= 15 is 0 Å². The highest BCUT2D eigenvalue weighted by molar-refractivity contribution is 8.00. The fourth-order valence-corrected chi connectivity index (χ4v) is 5.94. The lowest BCUT2D eigenvalue weighted by Gasteiger charge is -2.36. The minimum absolute atomic E-state index is 0.102. The van der Waals surface area contributed by atoms with Crippen LogP contribution in [0.1, 0.15) is 53.3 Å². The predicted molar refractivity (Wildman–Crippen MR) is 213 cm³/mol. The number of alkyl carbamates (subject to hydrolysis) is 2. The number of nitrogens with one attached hydrogen (secondary N) is 4. The molecule has 24 nitrogen and oxygen atoms in total. The van der Waals surface area contributed by atoms with Crippen molar-refractivity contribution in [3.63, 3.8) is 0 Å². The Kier molecular flexibility index (Phi) is 22.8. The van der Waals surface area contributed by atoms with E-state index < -0.39 is 47.4 Å². The fourth-order valence-electron chi connectivity index (χ4n) is 4.09. The first-order valence-corrected chi connectivity index (χ1v) is 20.0. The van der Waals surface area contributed by atoms with E-state index in [4.69, 9.17) is 26.2 Å². The molecule has 2 aliphatic heterocycles. The number of esters is 4. The van der Waals surface area contributed by atoms with E-state index in [9.17, 15) is 38.4 Å². The number of methoxy groups -OCH3 is 2. The molecule has 2 fully saturated rings. The standard InChI is InChI=1S/C17H25N5O7S.C10H15NO4.C7H10N4O3S/c1-17(2,3)29-16(26)18-5-12(23)28-7-10-6-22(21-20-10)14-11(19-15(14)25)8-30-9-13(24)27-4;1-5-6-14-8(12)7-11-9(13)15-10(2,3)4;1-14-5(12)3-15-2-4-6(10-11-8)7(13)9-4/h6,11,14H,5,7-9H2,1-4H3,(H,18,26)(H,19,25);1H,6-7H2,2-4H3,(H,11,13);4,6H,2-3H2,1H3,(H,9,13)/t11-,14-;;4-,6-/m0.0/s1. The molecule has 4 amide bonds. The second kappa shape index (κ2) is 26.2. The number of terminal acetylenes is 1. The van der Waals surface area contributed by atoms with Crippen LogP contribution >= 0.6 is 23.5 Å². The molecule has 0 unspecified atom stereocenters. The Morgan fingerprint density at radius 2 is 1.35 bits per heavy atom. The molecule has 60 heavy (non-hydrogen) atoms. The largest absolute Gasteiger partial charge is 0.468 e. The van der Waals surface area contributed by atoms with E-state index in [0.29, 0.717) is 17.2 Å². The average Bonchev–Trinajstić information content (AvgIpc) is 3.62. The smallest absolute Gasteiger partial charge is 0.408 e. The number of nitrogens with zero attached hydrogens (tertiary/aromatic N) is 6. The van der Waals surface area contributed by atoms with Crippen LogP contribution in [0.3, 0.4) is 0 Å². The van der Waals surface area contributed by atoms with Crippen LogP contribution < -0.4 is 21.3 Å². The summed E-state index contributed by atoms with van der Waals surface area (Å²) in [4.78, 5) is 92.5. The van der Waals surface area contributed by atoms with Gasteiger partial charge in [-0.3, -0.25) is 28.8 Å². The number of carbonyl (C=O) groups is 8. The number of rotatable bonds is 17. The van der Waals surface area contributed by atoms with Crippen LogP contribution in [-0.4, -0.2) is 149 Å². The van der Waals surface area contributed by atoms with Crippen molar-refractivity contribution < 1.29 is 66.8 Å². The Bertz CT molecular complexity index is 1750. The average molecular weight is 887 g/mol. The first-order valence-electron chi connectivity index (χ1n) is 17.7. The molecule has 3 heterocycles. The van der Waals surface area contributed by atoms with Gasteiger partial charge in [-0.2, -0.15) is 0 Å². The zero-order chi connectivity index (χ0) is 45.5. The number of azide groups is 1. The van der Waals surface area contributed by atoms with Gasteiger partial charge in [-0.25, -0.2) is 14.3 Å². The van der Waals surface area contributed by atoms with Crippen LogP contribution in [0.2, 0.25) is 0 Å². The van der Waals surface area contributed by atoms with Gasteiger partial charge in [0.15, 0.2) is 12.6 Å². The summed E-state index contributed by atoms with van der Waals surface area (Å²) in [6.45, 7) is 9.43. The number of β-lactam (4-membered cyclic amide) rings is 2. The van der Waals surface area contributed by atoms with E-state index in [1.807, 2.05) is 0 Å². The molecule has 2 aliphatic rings. The van der Waals surface area contributed by atoms with E-state index in [1.54, 1.807) is 41.5 Å². The maximum absolute atomic E-state index is 11.9. The van der Waals surface area contributed by atoms with Crippen molar-refractivity contribution in [2.24, 2.45) is 5.11 Å². The molecule has 0 spiro atoms. The number of ether oxygens (including phenoxy) is 6. The molecule has 0 aromatic carbocycles. The van der Waals surface area contributed by atoms with Gasteiger partial charge in [0.05, 0.1) is 44.0 Å². The summed E-state index contributed by atoms with van der Waals surface area (Å²) in [5, 5.41) is 21.0. The van der Waals surface area contributed by atoms with Gasteiger partial charge in [0.25, 0.3) is 0 Å². The monoisotopic (exact) mass is 886 g/mol.